The number of nitrogens with one attached hydrogen (secondary N) is 1. The lowest BCUT2D eigenvalue weighted by Crippen LogP contribution is -2.51. The number of carbonyl (C=O) groups excluding carboxylic acids is 2. The van der Waals surface area contributed by atoms with Crippen molar-refractivity contribution in [3.8, 4) is 0 Å². The summed E-state index contributed by atoms with van der Waals surface area (Å²) in [6.45, 7) is 7.09. The Hall–Kier alpha value is -3.43. The molecule has 0 spiro atoms. The molecule has 10 heteroatoms. The third-order valence-corrected chi connectivity index (χ3v) is 8.21. The molecule has 0 aliphatic heterocycles. The Balaban J connectivity index is 2.02. The van der Waals surface area contributed by atoms with E-state index in [1.165, 1.54) is 53.4 Å². The highest BCUT2D eigenvalue weighted by atomic mass is 35.5. The van der Waals surface area contributed by atoms with Crippen molar-refractivity contribution in [2.45, 2.75) is 45.2 Å². The van der Waals surface area contributed by atoms with E-state index in [1.807, 2.05) is 13.8 Å². The van der Waals surface area contributed by atoms with Gasteiger partial charge < -0.3 is 10.2 Å². The summed E-state index contributed by atoms with van der Waals surface area (Å²) in [6.07, 6.45) is 0. The van der Waals surface area contributed by atoms with E-state index in [0.717, 1.165) is 4.31 Å². The minimum Gasteiger partial charge on any atom is -0.354 e. The molecule has 0 aromatic heterocycles. The van der Waals surface area contributed by atoms with Gasteiger partial charge in [-0.2, -0.15) is 0 Å². The van der Waals surface area contributed by atoms with Crippen molar-refractivity contribution < 1.29 is 22.4 Å². The van der Waals surface area contributed by atoms with E-state index in [-0.39, 0.29) is 23.3 Å². The molecule has 3 aromatic carbocycles. The summed E-state index contributed by atoms with van der Waals surface area (Å²) in [4.78, 5) is 28.1. The van der Waals surface area contributed by atoms with Crippen LogP contribution in [0, 0.1) is 18.7 Å². The van der Waals surface area contributed by atoms with Gasteiger partial charge in [0, 0.05) is 18.1 Å². The van der Waals surface area contributed by atoms with Gasteiger partial charge in [0.2, 0.25) is 11.8 Å². The van der Waals surface area contributed by atoms with Crippen LogP contribution in [0.1, 0.15) is 31.9 Å². The fourth-order valence-corrected chi connectivity index (χ4v) is 5.52. The van der Waals surface area contributed by atoms with Crippen LogP contribution in [-0.2, 0) is 26.2 Å². The molecule has 0 aliphatic carbocycles. The second kappa shape index (κ2) is 13.1. The van der Waals surface area contributed by atoms with Crippen LogP contribution in [0.5, 0.6) is 0 Å². The summed E-state index contributed by atoms with van der Waals surface area (Å²) < 4.78 is 42.2. The highest BCUT2D eigenvalue weighted by molar-refractivity contribution is 7.92. The molecule has 39 heavy (non-hydrogen) atoms. The Morgan fingerprint density at radius 2 is 1.56 bits per heavy atom. The van der Waals surface area contributed by atoms with Gasteiger partial charge in [-0.25, -0.2) is 12.8 Å². The number of anilines is 1. The van der Waals surface area contributed by atoms with Crippen molar-refractivity contribution in [2.75, 3.05) is 17.4 Å². The zero-order valence-electron chi connectivity index (χ0n) is 22.4. The van der Waals surface area contributed by atoms with Crippen molar-refractivity contribution in [1.82, 2.24) is 10.2 Å². The van der Waals surface area contributed by atoms with Crippen LogP contribution in [0.25, 0.3) is 0 Å². The van der Waals surface area contributed by atoms with Crippen LogP contribution >= 0.6 is 11.6 Å². The Labute approximate surface area is 234 Å². The third-order valence-electron chi connectivity index (χ3n) is 6.18. The topological polar surface area (TPSA) is 86.8 Å². The van der Waals surface area contributed by atoms with Gasteiger partial charge in [-0.3, -0.25) is 13.9 Å². The van der Waals surface area contributed by atoms with Crippen LogP contribution in [0.15, 0.2) is 77.7 Å². The van der Waals surface area contributed by atoms with E-state index in [0.29, 0.717) is 28.4 Å². The third kappa shape index (κ3) is 7.80. The summed E-state index contributed by atoms with van der Waals surface area (Å²) in [5.41, 5.74) is 1.58. The van der Waals surface area contributed by atoms with Crippen molar-refractivity contribution in [3.63, 3.8) is 0 Å². The standard InChI is InChI=1S/C29H33ClFN3O4S/c1-20(2)17-32-29(36)22(4)33(18-23-9-13-25(31)14-10-23)28(35)19-34(27-8-6-5-7-21(27)3)39(37,38)26-15-11-24(30)12-16-26/h5-16,20,22H,17-19H2,1-4H3,(H,32,36). The van der Waals surface area contributed by atoms with E-state index in [2.05, 4.69) is 5.32 Å². The maximum Gasteiger partial charge on any atom is 0.264 e. The summed E-state index contributed by atoms with van der Waals surface area (Å²) in [5.74, 6) is -1.20. The molecule has 0 heterocycles. The average Bonchev–Trinajstić information content (AvgIpc) is 2.90. The fourth-order valence-electron chi connectivity index (χ4n) is 3.91. The first-order chi connectivity index (χ1) is 18.4. The van der Waals surface area contributed by atoms with Crippen LogP contribution in [-0.4, -0.2) is 44.3 Å². The van der Waals surface area contributed by atoms with Gasteiger partial charge in [-0.1, -0.05) is 55.8 Å². The number of carbonyl (C=O) groups is 2. The van der Waals surface area contributed by atoms with Gasteiger partial charge in [0.1, 0.15) is 18.4 Å². The zero-order valence-corrected chi connectivity index (χ0v) is 24.0. The lowest BCUT2D eigenvalue weighted by molar-refractivity contribution is -0.139. The second-order valence-corrected chi connectivity index (χ2v) is 12.0. The van der Waals surface area contributed by atoms with E-state index in [9.17, 15) is 22.4 Å². The molecular formula is C29H33ClFN3O4S. The van der Waals surface area contributed by atoms with E-state index >= 15 is 0 Å². The molecule has 2 amide bonds. The SMILES string of the molecule is Cc1ccccc1N(CC(=O)N(Cc1ccc(F)cc1)C(C)C(=O)NCC(C)C)S(=O)(=O)c1ccc(Cl)cc1. The molecule has 3 rings (SSSR count). The molecule has 7 nitrogen and oxygen atoms in total. The van der Waals surface area contributed by atoms with Gasteiger partial charge in [0.05, 0.1) is 10.6 Å². The number of hydrogen-bond acceptors (Lipinski definition) is 4. The number of sulfonamides is 1. The molecule has 1 atom stereocenters. The fraction of sp³-hybridized carbons (Fsp3) is 0.310. The highest BCUT2D eigenvalue weighted by Gasteiger charge is 2.33. The molecule has 0 saturated heterocycles. The van der Waals surface area contributed by atoms with Gasteiger partial charge >= 0.3 is 0 Å². The van der Waals surface area contributed by atoms with Gasteiger partial charge in [0.25, 0.3) is 10.0 Å². The molecule has 1 N–H and O–H groups in total. The summed E-state index contributed by atoms with van der Waals surface area (Å²) >= 11 is 5.98. The molecule has 0 bridgehead atoms. The predicted octanol–water partition coefficient (Wildman–Crippen LogP) is 5.17. The molecule has 208 valence electrons. The molecule has 3 aromatic rings. The van der Waals surface area contributed by atoms with Crippen molar-refractivity contribution in [1.29, 1.82) is 0 Å². The number of hydrogen-bond donors (Lipinski definition) is 1. The normalized spacial score (nSPS) is 12.2. The van der Waals surface area contributed by atoms with Crippen molar-refractivity contribution in [3.05, 3.63) is 94.8 Å². The maximum absolute atomic E-state index is 13.9. The first-order valence-electron chi connectivity index (χ1n) is 12.6. The minimum absolute atomic E-state index is 0.0159. The molecule has 0 fully saturated rings. The Bertz CT molecular complexity index is 1400. The molecule has 0 aliphatic rings. The second-order valence-electron chi connectivity index (χ2n) is 9.72. The van der Waals surface area contributed by atoms with Crippen LogP contribution in [0.4, 0.5) is 10.1 Å². The van der Waals surface area contributed by atoms with Gasteiger partial charge in [-0.05, 0) is 73.4 Å². The zero-order chi connectivity index (χ0) is 28.7. The van der Waals surface area contributed by atoms with Gasteiger partial charge in [0.15, 0.2) is 0 Å². The summed E-state index contributed by atoms with van der Waals surface area (Å²) in [6, 6.07) is 17.2. The lowest BCUT2D eigenvalue weighted by Gasteiger charge is -2.32. The quantitative estimate of drug-likeness (QED) is 0.343. The minimum atomic E-state index is -4.19. The lowest BCUT2D eigenvalue weighted by atomic mass is 10.1. The Kier molecular flexibility index (Phi) is 10.1. The number of rotatable bonds is 11. The number of aryl methyl sites for hydroxylation is 1. The van der Waals surface area contributed by atoms with Crippen LogP contribution in [0.2, 0.25) is 5.02 Å². The smallest absolute Gasteiger partial charge is 0.264 e. The van der Waals surface area contributed by atoms with Crippen LogP contribution < -0.4 is 9.62 Å². The first-order valence-corrected chi connectivity index (χ1v) is 14.4. The Morgan fingerprint density at radius 1 is 0.949 bits per heavy atom. The Morgan fingerprint density at radius 3 is 2.15 bits per heavy atom. The number of halogens is 2. The number of amides is 2. The summed E-state index contributed by atoms with van der Waals surface area (Å²) in [5, 5.41) is 3.20. The van der Waals surface area contributed by atoms with E-state index in [4.69, 9.17) is 11.6 Å². The molecule has 0 radical (unpaired) electrons. The average molecular weight is 574 g/mol. The number of para-hydroxylation sites is 1. The van der Waals surface area contributed by atoms with E-state index in [1.54, 1.807) is 38.1 Å². The van der Waals surface area contributed by atoms with Gasteiger partial charge in [-0.15, -0.1) is 0 Å². The molecule has 1 unspecified atom stereocenters. The molecular weight excluding hydrogens is 541 g/mol. The molecule has 0 saturated carbocycles. The monoisotopic (exact) mass is 573 g/mol. The van der Waals surface area contributed by atoms with Crippen LogP contribution in [0.3, 0.4) is 0 Å². The van der Waals surface area contributed by atoms with E-state index < -0.39 is 34.3 Å². The first kappa shape index (κ1) is 30.1. The van der Waals surface area contributed by atoms with Crippen molar-refractivity contribution >= 4 is 39.1 Å². The van der Waals surface area contributed by atoms with Crippen molar-refractivity contribution in [2.24, 2.45) is 5.92 Å². The number of nitrogens with zero attached hydrogens (tertiary/aromatic N) is 2. The maximum atomic E-state index is 13.9. The number of benzene rings is 3. The summed E-state index contributed by atoms with van der Waals surface area (Å²) in [7, 11) is -4.19. The predicted molar refractivity (Wildman–Crippen MR) is 151 cm³/mol. The largest absolute Gasteiger partial charge is 0.354 e. The highest BCUT2D eigenvalue weighted by Crippen LogP contribution is 2.28.